The van der Waals surface area contributed by atoms with E-state index in [1.807, 2.05) is 0 Å². The van der Waals surface area contributed by atoms with Crippen molar-refractivity contribution >= 4 is 40.0 Å². The van der Waals surface area contributed by atoms with Gasteiger partial charge < -0.3 is 24.8 Å². The standard InChI is InChI=1S/C22H22Si.2ClH.Hf/c1-3-23(4-2,21-13-17-9-5-6-10-18(17)14-21)22-15-19-11-7-8-12-20(19)16-22;;;/h5-16H,3-4H2,1-2H3;2*1H;/q-2;;;+4/p-2. The van der Waals surface area contributed by atoms with Crippen LogP contribution >= 0.6 is 0 Å². The molecule has 4 rings (SSSR count). The van der Waals surface area contributed by atoms with Crippen LogP contribution in [0.15, 0.2) is 72.8 Å². The molecule has 0 fully saturated rings. The van der Waals surface area contributed by atoms with Crippen molar-refractivity contribution in [2.45, 2.75) is 25.9 Å². The van der Waals surface area contributed by atoms with Crippen molar-refractivity contribution in [2.24, 2.45) is 0 Å². The fourth-order valence-electron chi connectivity index (χ4n) is 4.09. The first-order valence-corrected chi connectivity index (χ1v) is 11.0. The van der Waals surface area contributed by atoms with Gasteiger partial charge in [-0.2, -0.15) is 22.9 Å². The van der Waals surface area contributed by atoms with E-state index in [9.17, 15) is 0 Å². The number of hydrogen-bond acceptors (Lipinski definition) is 0. The molecule has 4 aromatic rings. The van der Waals surface area contributed by atoms with Crippen LogP contribution in [-0.4, -0.2) is 8.07 Å². The zero-order valence-corrected chi connectivity index (χ0v) is 21.2. The van der Waals surface area contributed by atoms with Gasteiger partial charge in [0.05, 0.1) is 8.07 Å². The Morgan fingerprint density at radius 3 is 1.42 bits per heavy atom. The minimum atomic E-state index is -1.66. The fourth-order valence-corrected chi connectivity index (χ4v) is 8.28. The van der Waals surface area contributed by atoms with E-state index in [1.165, 1.54) is 33.6 Å². The Morgan fingerprint density at radius 2 is 1.08 bits per heavy atom. The first kappa shape index (κ1) is 23.4. The van der Waals surface area contributed by atoms with Crippen LogP contribution in [-0.2, 0) is 25.8 Å². The Labute approximate surface area is 188 Å². The third kappa shape index (κ3) is 3.80. The van der Waals surface area contributed by atoms with Crippen molar-refractivity contribution in [3.05, 3.63) is 72.8 Å². The number of halogens is 2. The molecule has 0 N–H and O–H groups in total. The second-order valence-electron chi connectivity index (χ2n) is 6.54. The predicted octanol–water partition coefficient (Wildman–Crippen LogP) is -0.961. The van der Waals surface area contributed by atoms with E-state index >= 15 is 0 Å². The molecular formula is C22H22Cl2HfSi. The van der Waals surface area contributed by atoms with Gasteiger partial charge in [-0.1, -0.05) is 38.1 Å². The summed E-state index contributed by atoms with van der Waals surface area (Å²) in [6, 6.07) is 29.9. The van der Waals surface area contributed by atoms with Gasteiger partial charge in [0.2, 0.25) is 0 Å². The van der Waals surface area contributed by atoms with Gasteiger partial charge in [-0.25, -0.2) is 0 Å². The second kappa shape index (κ2) is 9.50. The van der Waals surface area contributed by atoms with Crippen molar-refractivity contribution < 1.29 is 50.7 Å². The summed E-state index contributed by atoms with van der Waals surface area (Å²) >= 11 is 0. The van der Waals surface area contributed by atoms with Gasteiger partial charge in [0.15, 0.2) is 0 Å². The second-order valence-corrected chi connectivity index (χ2v) is 11.3. The zero-order valence-electron chi connectivity index (χ0n) is 15.1. The van der Waals surface area contributed by atoms with E-state index in [-0.39, 0.29) is 50.7 Å². The van der Waals surface area contributed by atoms with Crippen LogP contribution in [0.1, 0.15) is 13.8 Å². The molecule has 4 heteroatoms. The molecule has 26 heavy (non-hydrogen) atoms. The van der Waals surface area contributed by atoms with Gasteiger partial charge in [0, 0.05) is 0 Å². The quantitative estimate of drug-likeness (QED) is 0.222. The third-order valence-corrected chi connectivity index (χ3v) is 10.8. The number of rotatable bonds is 4. The Balaban J connectivity index is 0.00000113. The average molecular weight is 564 g/mol. The van der Waals surface area contributed by atoms with Gasteiger partial charge >= 0.3 is 25.8 Å². The molecule has 0 aliphatic heterocycles. The molecule has 0 radical (unpaired) electrons. The van der Waals surface area contributed by atoms with Crippen LogP contribution in [0, 0.1) is 0 Å². The summed E-state index contributed by atoms with van der Waals surface area (Å²) in [5.41, 5.74) is 0. The van der Waals surface area contributed by atoms with Gasteiger partial charge in [0.1, 0.15) is 0 Å². The van der Waals surface area contributed by atoms with Crippen molar-refractivity contribution in [1.82, 2.24) is 0 Å². The van der Waals surface area contributed by atoms with Crippen molar-refractivity contribution in [2.75, 3.05) is 0 Å². The van der Waals surface area contributed by atoms with Crippen molar-refractivity contribution in [3.63, 3.8) is 0 Å². The van der Waals surface area contributed by atoms with E-state index in [0.717, 1.165) is 0 Å². The molecule has 0 aliphatic carbocycles. The van der Waals surface area contributed by atoms with Crippen molar-refractivity contribution in [3.8, 4) is 0 Å². The molecule has 0 atom stereocenters. The summed E-state index contributed by atoms with van der Waals surface area (Å²) < 4.78 is 0. The molecular weight excluding hydrogens is 542 g/mol. The number of benzene rings is 2. The Hall–Kier alpha value is -0.673. The largest absolute Gasteiger partial charge is 4.00 e. The maximum Gasteiger partial charge on any atom is 4.00 e. The van der Waals surface area contributed by atoms with Crippen LogP contribution in [0.2, 0.25) is 12.1 Å². The van der Waals surface area contributed by atoms with Crippen LogP contribution in [0.5, 0.6) is 0 Å². The van der Waals surface area contributed by atoms with Gasteiger partial charge in [0.25, 0.3) is 0 Å². The minimum absolute atomic E-state index is 0. The zero-order chi connectivity index (χ0) is 15.9. The topological polar surface area (TPSA) is 0 Å². The number of fused-ring (bicyclic) bond motifs is 2. The molecule has 4 aromatic carbocycles. The molecule has 0 saturated carbocycles. The van der Waals surface area contributed by atoms with Gasteiger partial charge in [-0.05, 0) is 0 Å². The normalized spacial score (nSPS) is 10.8. The SMILES string of the molecule is CC[Si](CC)(c1cc2ccccc2[cH-]1)c1cc2ccccc2[cH-]1.[Cl-].[Cl-].[Hf+4]. The number of hydrogen-bond donors (Lipinski definition) is 0. The molecule has 132 valence electrons. The van der Waals surface area contributed by atoms with Gasteiger partial charge in [-0.3, -0.25) is 0 Å². The van der Waals surface area contributed by atoms with Crippen LogP contribution in [0.4, 0.5) is 0 Å². The first-order valence-electron chi connectivity index (χ1n) is 8.59. The summed E-state index contributed by atoms with van der Waals surface area (Å²) in [7, 11) is -1.66. The van der Waals surface area contributed by atoms with E-state index < -0.39 is 8.07 Å². The Bertz CT molecular complexity index is 824. The van der Waals surface area contributed by atoms with Gasteiger partial charge in [-0.15, -0.1) is 69.7 Å². The van der Waals surface area contributed by atoms with Crippen LogP contribution in [0.3, 0.4) is 0 Å². The fraction of sp³-hybridized carbons (Fsp3) is 0.182. The van der Waals surface area contributed by atoms with E-state index in [0.29, 0.717) is 0 Å². The summed E-state index contributed by atoms with van der Waals surface area (Å²) in [6.45, 7) is 4.76. The maximum atomic E-state index is 2.45. The molecule has 0 amide bonds. The minimum Gasteiger partial charge on any atom is -1.00 e. The first-order chi connectivity index (χ1) is 11.3. The molecule has 0 heterocycles. The molecule has 0 unspecified atom stereocenters. The van der Waals surface area contributed by atoms with Crippen LogP contribution in [0.25, 0.3) is 21.5 Å². The smallest absolute Gasteiger partial charge is 1.00 e. The van der Waals surface area contributed by atoms with Crippen LogP contribution < -0.4 is 35.2 Å². The van der Waals surface area contributed by atoms with E-state index in [1.54, 1.807) is 10.4 Å². The predicted molar refractivity (Wildman–Crippen MR) is 105 cm³/mol. The molecule has 0 aromatic heterocycles. The van der Waals surface area contributed by atoms with E-state index in [2.05, 4.69) is 86.6 Å². The Morgan fingerprint density at radius 1 is 0.692 bits per heavy atom. The Kier molecular flexibility index (Phi) is 8.54. The van der Waals surface area contributed by atoms with E-state index in [4.69, 9.17) is 0 Å². The monoisotopic (exact) mass is 564 g/mol. The third-order valence-electron chi connectivity index (χ3n) is 5.55. The molecule has 0 aliphatic rings. The molecule has 0 spiro atoms. The summed E-state index contributed by atoms with van der Waals surface area (Å²) in [5, 5.41) is 8.74. The average Bonchev–Trinajstić information content (AvgIpc) is 3.21. The summed E-state index contributed by atoms with van der Waals surface area (Å²) in [5.74, 6) is 0. The maximum absolute atomic E-state index is 2.45. The molecule has 0 nitrogen and oxygen atoms in total. The van der Waals surface area contributed by atoms with Crippen molar-refractivity contribution in [1.29, 1.82) is 0 Å². The molecule has 0 bridgehead atoms. The summed E-state index contributed by atoms with van der Waals surface area (Å²) in [6.07, 6.45) is 0. The summed E-state index contributed by atoms with van der Waals surface area (Å²) in [4.78, 5) is 0. The molecule has 0 saturated heterocycles.